The molecule has 1 amide bonds. The lowest BCUT2D eigenvalue weighted by Crippen LogP contribution is -2.49. The number of likely N-dealkylation sites (N-methyl/N-ethyl adjacent to an activating group) is 1. The van der Waals surface area contributed by atoms with Gasteiger partial charge in [-0.15, -0.1) is 10.8 Å². The van der Waals surface area contributed by atoms with Gasteiger partial charge in [-0.05, 0) is 70.7 Å². The minimum absolute atomic E-state index is 0.0657. The number of nitrogens with zero attached hydrogens (tertiary/aromatic N) is 5. The molecule has 10 nitrogen and oxygen atoms in total. The van der Waals surface area contributed by atoms with Crippen molar-refractivity contribution in [3.05, 3.63) is 35.9 Å². The molecule has 0 aromatic carbocycles. The van der Waals surface area contributed by atoms with Crippen LogP contribution in [0.3, 0.4) is 0 Å². The van der Waals surface area contributed by atoms with Crippen LogP contribution < -0.4 is 10.2 Å². The van der Waals surface area contributed by atoms with E-state index in [0.717, 1.165) is 37.5 Å². The van der Waals surface area contributed by atoms with Crippen LogP contribution in [0.15, 0.2) is 33.8 Å². The number of anilines is 1. The van der Waals surface area contributed by atoms with E-state index in [1.165, 1.54) is 32.4 Å². The SMILES string of the molecule is C[C@H]1C[C@@H](NC(=O)c2cc(C3CC3)on2)CCN1S(O)(O)c1ccc(N(C)CCN2CCCCC2)nc1. The summed E-state index contributed by atoms with van der Waals surface area (Å²) in [5.74, 6) is 1.78. The highest BCUT2D eigenvalue weighted by Gasteiger charge is 2.36. The minimum Gasteiger partial charge on any atom is -0.360 e. The second-order valence-corrected chi connectivity index (χ2v) is 12.7. The van der Waals surface area contributed by atoms with Crippen molar-refractivity contribution in [3.63, 3.8) is 0 Å². The van der Waals surface area contributed by atoms with E-state index >= 15 is 0 Å². The number of hydrogen-bond donors (Lipinski definition) is 3. The van der Waals surface area contributed by atoms with E-state index in [2.05, 4.69) is 25.3 Å². The first-order chi connectivity index (χ1) is 17.8. The van der Waals surface area contributed by atoms with Crippen molar-refractivity contribution in [2.24, 2.45) is 0 Å². The molecule has 3 aliphatic rings. The van der Waals surface area contributed by atoms with E-state index in [4.69, 9.17) is 4.52 Å². The summed E-state index contributed by atoms with van der Waals surface area (Å²) in [6.07, 6.45) is 8.88. The van der Waals surface area contributed by atoms with Crippen molar-refractivity contribution in [2.75, 3.05) is 44.7 Å². The smallest absolute Gasteiger partial charge is 0.273 e. The Balaban J connectivity index is 1.13. The normalized spacial score (nSPS) is 24.1. The molecule has 3 N–H and O–H groups in total. The highest BCUT2D eigenvalue weighted by molar-refractivity contribution is 8.22. The van der Waals surface area contributed by atoms with Gasteiger partial charge in [0.15, 0.2) is 5.69 Å². The van der Waals surface area contributed by atoms with Crippen molar-refractivity contribution in [1.82, 2.24) is 24.7 Å². The van der Waals surface area contributed by atoms with Crippen LogP contribution in [0.5, 0.6) is 0 Å². The molecular formula is C26H40N6O4S. The molecule has 2 aliphatic heterocycles. The molecule has 11 heteroatoms. The number of carbonyl (C=O) groups is 1. The van der Waals surface area contributed by atoms with Gasteiger partial charge < -0.3 is 19.6 Å². The molecule has 2 aromatic rings. The van der Waals surface area contributed by atoms with Crippen LogP contribution in [-0.2, 0) is 0 Å². The van der Waals surface area contributed by atoms with E-state index in [9.17, 15) is 13.9 Å². The van der Waals surface area contributed by atoms with Gasteiger partial charge in [0.1, 0.15) is 11.6 Å². The fourth-order valence-electron chi connectivity index (χ4n) is 5.36. The summed E-state index contributed by atoms with van der Waals surface area (Å²) in [4.78, 5) is 22.2. The standard InChI is InChI=1S/C26H40N6O4S/c1-19-16-21(28-26(33)23-17-24(36-29-23)20-6-7-20)10-13-32(19)37(34,35)22-8-9-25(27-18-22)30(2)14-15-31-11-4-3-5-12-31/h8-9,17-21,34-35H,3-7,10-16H2,1-2H3,(H,28,33)/t19-,21-/m0/s1. The summed E-state index contributed by atoms with van der Waals surface area (Å²) in [7, 11) is -1.16. The molecule has 0 bridgehead atoms. The van der Waals surface area contributed by atoms with Crippen LogP contribution in [0, 0.1) is 0 Å². The summed E-state index contributed by atoms with van der Waals surface area (Å²) in [6.45, 7) is 6.65. The van der Waals surface area contributed by atoms with Crippen LogP contribution in [0.4, 0.5) is 5.82 Å². The molecule has 1 saturated carbocycles. The number of hydrogen-bond acceptors (Lipinski definition) is 9. The number of likely N-dealkylation sites (tertiary alicyclic amines) is 1. The van der Waals surface area contributed by atoms with Crippen LogP contribution in [0.25, 0.3) is 0 Å². The number of pyridine rings is 1. The van der Waals surface area contributed by atoms with Crippen LogP contribution in [0.2, 0.25) is 0 Å². The van der Waals surface area contributed by atoms with E-state index in [1.54, 1.807) is 22.6 Å². The zero-order valence-corrected chi connectivity index (χ0v) is 22.7. The van der Waals surface area contributed by atoms with Gasteiger partial charge in [0.25, 0.3) is 5.91 Å². The maximum Gasteiger partial charge on any atom is 0.273 e. The fraction of sp³-hybridized carbons (Fsp3) is 0.654. The first-order valence-corrected chi connectivity index (χ1v) is 15.0. The molecule has 0 unspecified atom stereocenters. The third-order valence-corrected chi connectivity index (χ3v) is 9.92. The van der Waals surface area contributed by atoms with E-state index in [-0.39, 0.29) is 18.0 Å². The first kappa shape index (κ1) is 26.4. The Kier molecular flexibility index (Phi) is 8.06. The Labute approximate surface area is 220 Å². The summed E-state index contributed by atoms with van der Waals surface area (Å²) in [5, 5.41) is 6.97. The predicted octanol–water partition coefficient (Wildman–Crippen LogP) is 4.18. The maximum atomic E-state index is 12.6. The molecule has 2 aromatic heterocycles. The number of aromatic nitrogens is 2. The zero-order valence-electron chi connectivity index (χ0n) is 21.9. The first-order valence-electron chi connectivity index (χ1n) is 13.5. The Morgan fingerprint density at radius 1 is 1.19 bits per heavy atom. The molecule has 0 radical (unpaired) electrons. The van der Waals surface area contributed by atoms with Crippen molar-refractivity contribution in [1.29, 1.82) is 0 Å². The van der Waals surface area contributed by atoms with Crippen LogP contribution >= 0.6 is 10.8 Å². The third-order valence-electron chi connectivity index (χ3n) is 7.85. The Hall–Kier alpha value is -2.18. The molecule has 4 heterocycles. The molecule has 204 valence electrons. The average molecular weight is 533 g/mol. The number of carbonyl (C=O) groups excluding carboxylic acids is 1. The summed E-state index contributed by atoms with van der Waals surface area (Å²) in [6, 6.07) is 5.19. The predicted molar refractivity (Wildman–Crippen MR) is 144 cm³/mol. The molecule has 1 aliphatic carbocycles. The van der Waals surface area contributed by atoms with Gasteiger partial charge in [0, 0.05) is 50.7 Å². The molecule has 37 heavy (non-hydrogen) atoms. The van der Waals surface area contributed by atoms with Crippen molar-refractivity contribution < 1.29 is 18.4 Å². The number of nitrogens with one attached hydrogen (secondary N) is 1. The minimum atomic E-state index is -3.18. The number of rotatable bonds is 9. The van der Waals surface area contributed by atoms with E-state index in [0.29, 0.717) is 35.9 Å². The topological polar surface area (TPSA) is 118 Å². The Bertz CT molecular complexity index is 1050. The fourth-order valence-corrected chi connectivity index (χ4v) is 7.02. The molecular weight excluding hydrogens is 492 g/mol. The third kappa shape index (κ3) is 6.28. The highest BCUT2D eigenvalue weighted by atomic mass is 32.3. The molecule has 2 saturated heterocycles. The quantitative estimate of drug-likeness (QED) is 0.437. The Morgan fingerprint density at radius 2 is 1.97 bits per heavy atom. The van der Waals surface area contributed by atoms with Gasteiger partial charge in [-0.2, -0.15) is 4.31 Å². The lowest BCUT2D eigenvalue weighted by molar-refractivity contribution is 0.0903. The second-order valence-electron chi connectivity index (χ2n) is 10.8. The monoisotopic (exact) mass is 532 g/mol. The summed E-state index contributed by atoms with van der Waals surface area (Å²) >= 11 is 0. The molecule has 2 atom stereocenters. The Morgan fingerprint density at radius 3 is 2.65 bits per heavy atom. The summed E-state index contributed by atoms with van der Waals surface area (Å²) in [5.41, 5.74) is 0.313. The number of piperidine rings is 2. The van der Waals surface area contributed by atoms with Crippen molar-refractivity contribution in [3.8, 4) is 0 Å². The lowest BCUT2D eigenvalue weighted by atomic mass is 10.0. The van der Waals surface area contributed by atoms with E-state index in [1.807, 2.05) is 20.0 Å². The molecule has 5 rings (SSSR count). The van der Waals surface area contributed by atoms with Gasteiger partial charge in [-0.1, -0.05) is 11.6 Å². The van der Waals surface area contributed by atoms with Gasteiger partial charge >= 0.3 is 0 Å². The van der Waals surface area contributed by atoms with Crippen LogP contribution in [0.1, 0.15) is 74.0 Å². The number of amides is 1. The van der Waals surface area contributed by atoms with Crippen LogP contribution in [-0.4, -0.2) is 86.2 Å². The zero-order chi connectivity index (χ0) is 26.0. The average Bonchev–Trinajstić information content (AvgIpc) is 3.63. The van der Waals surface area contributed by atoms with Gasteiger partial charge in [-0.25, -0.2) is 4.98 Å². The lowest BCUT2D eigenvalue weighted by Gasteiger charge is -2.49. The highest BCUT2D eigenvalue weighted by Crippen LogP contribution is 2.54. The van der Waals surface area contributed by atoms with E-state index < -0.39 is 10.8 Å². The van der Waals surface area contributed by atoms with Gasteiger partial charge in [0.2, 0.25) is 0 Å². The molecule has 3 fully saturated rings. The van der Waals surface area contributed by atoms with Gasteiger partial charge in [0.05, 0.1) is 11.1 Å². The van der Waals surface area contributed by atoms with Gasteiger partial charge in [-0.3, -0.25) is 13.9 Å². The molecule has 0 spiro atoms. The van der Waals surface area contributed by atoms with Crippen molar-refractivity contribution in [2.45, 2.75) is 74.8 Å². The second kappa shape index (κ2) is 11.3. The summed E-state index contributed by atoms with van der Waals surface area (Å²) < 4.78 is 29.4. The maximum absolute atomic E-state index is 12.6. The largest absolute Gasteiger partial charge is 0.360 e. The van der Waals surface area contributed by atoms with Crippen molar-refractivity contribution >= 4 is 22.5 Å².